The Morgan fingerprint density at radius 1 is 1.67 bits per heavy atom. The molecule has 0 bridgehead atoms. The summed E-state index contributed by atoms with van der Waals surface area (Å²) in [5.41, 5.74) is 0.378. The van der Waals surface area contributed by atoms with Crippen LogP contribution in [-0.2, 0) is 9.53 Å². The van der Waals surface area contributed by atoms with Crippen LogP contribution in [0.3, 0.4) is 0 Å². The first kappa shape index (κ1) is 11.1. The van der Waals surface area contributed by atoms with Crippen LogP contribution in [-0.4, -0.2) is 18.7 Å². The predicted molar refractivity (Wildman–Crippen MR) is 45.6 cm³/mol. The molecule has 0 aliphatic carbocycles. The Balaban J connectivity index is 3.32. The molecule has 0 aliphatic rings. The molecule has 0 aromatic heterocycles. The van der Waals surface area contributed by atoms with E-state index in [0.717, 1.165) is 0 Å². The third kappa shape index (κ3) is 5.89. The van der Waals surface area contributed by atoms with Crippen LogP contribution in [0.4, 0.5) is 4.39 Å². The Labute approximate surface area is 72.4 Å². The number of carbonyl (C=O) groups is 1. The van der Waals surface area contributed by atoms with Gasteiger partial charge in [-0.25, -0.2) is 9.18 Å². The molecule has 3 heteroatoms. The molecule has 0 saturated heterocycles. The van der Waals surface area contributed by atoms with Gasteiger partial charge in [-0.05, 0) is 26.7 Å². The SMILES string of the molecule is C=C(C)C(=O)OCCCC(C)F. The molecule has 0 rings (SSSR count). The summed E-state index contributed by atoms with van der Waals surface area (Å²) in [4.78, 5) is 10.8. The fourth-order valence-corrected chi connectivity index (χ4v) is 0.653. The first-order chi connectivity index (χ1) is 5.54. The molecule has 70 valence electrons. The Bertz CT molecular complexity index is 164. The number of hydrogen-bond donors (Lipinski definition) is 0. The van der Waals surface area contributed by atoms with E-state index in [9.17, 15) is 9.18 Å². The monoisotopic (exact) mass is 174 g/mol. The molecule has 0 heterocycles. The molecule has 1 unspecified atom stereocenters. The Kier molecular flexibility index (Phi) is 5.34. The highest BCUT2D eigenvalue weighted by Crippen LogP contribution is 2.01. The van der Waals surface area contributed by atoms with Crippen molar-refractivity contribution in [1.29, 1.82) is 0 Å². The molecule has 0 amide bonds. The summed E-state index contributed by atoms with van der Waals surface area (Å²) < 4.78 is 17.0. The van der Waals surface area contributed by atoms with Crippen LogP contribution in [0.1, 0.15) is 26.7 Å². The van der Waals surface area contributed by atoms with E-state index < -0.39 is 12.1 Å². The van der Waals surface area contributed by atoms with Gasteiger partial charge >= 0.3 is 5.97 Å². The zero-order valence-corrected chi connectivity index (χ0v) is 7.60. The van der Waals surface area contributed by atoms with Crippen LogP contribution in [0.2, 0.25) is 0 Å². The highest BCUT2D eigenvalue weighted by Gasteiger charge is 2.03. The number of ether oxygens (including phenoxy) is 1. The van der Waals surface area contributed by atoms with E-state index >= 15 is 0 Å². The molecule has 0 aromatic carbocycles. The molecular weight excluding hydrogens is 159 g/mol. The third-order valence-corrected chi connectivity index (χ3v) is 1.33. The summed E-state index contributed by atoms with van der Waals surface area (Å²) in [7, 11) is 0. The van der Waals surface area contributed by atoms with Crippen LogP contribution in [0.15, 0.2) is 12.2 Å². The lowest BCUT2D eigenvalue weighted by molar-refractivity contribution is -0.139. The van der Waals surface area contributed by atoms with E-state index in [4.69, 9.17) is 4.74 Å². The van der Waals surface area contributed by atoms with Crippen molar-refractivity contribution in [1.82, 2.24) is 0 Å². The Morgan fingerprint density at radius 2 is 2.25 bits per heavy atom. The molecule has 0 aliphatic heterocycles. The number of carbonyl (C=O) groups excluding carboxylic acids is 1. The first-order valence-electron chi connectivity index (χ1n) is 4.00. The van der Waals surface area contributed by atoms with Crippen molar-refractivity contribution >= 4 is 5.97 Å². The minimum absolute atomic E-state index is 0.278. The van der Waals surface area contributed by atoms with Gasteiger partial charge in [-0.1, -0.05) is 6.58 Å². The molecule has 1 atom stereocenters. The molecule has 0 radical (unpaired) electrons. The molecule has 0 spiro atoms. The van der Waals surface area contributed by atoms with Crippen molar-refractivity contribution in [2.45, 2.75) is 32.9 Å². The lowest BCUT2D eigenvalue weighted by Crippen LogP contribution is -2.07. The zero-order valence-electron chi connectivity index (χ0n) is 7.60. The van der Waals surface area contributed by atoms with Crippen molar-refractivity contribution < 1.29 is 13.9 Å². The summed E-state index contributed by atoms with van der Waals surface area (Å²) in [6.45, 7) is 6.77. The largest absolute Gasteiger partial charge is 0.462 e. The summed E-state index contributed by atoms with van der Waals surface area (Å²) in [5, 5.41) is 0. The van der Waals surface area contributed by atoms with Gasteiger partial charge in [0.05, 0.1) is 12.8 Å². The van der Waals surface area contributed by atoms with Gasteiger partial charge in [0.2, 0.25) is 0 Å². The molecule has 0 saturated carbocycles. The molecule has 0 fully saturated rings. The molecule has 0 N–H and O–H groups in total. The fraction of sp³-hybridized carbons (Fsp3) is 0.667. The van der Waals surface area contributed by atoms with Gasteiger partial charge in [-0.2, -0.15) is 0 Å². The maximum Gasteiger partial charge on any atom is 0.333 e. The van der Waals surface area contributed by atoms with E-state index in [1.54, 1.807) is 6.92 Å². The van der Waals surface area contributed by atoms with Crippen molar-refractivity contribution in [2.75, 3.05) is 6.61 Å². The molecule has 12 heavy (non-hydrogen) atoms. The summed E-state index contributed by atoms with van der Waals surface area (Å²) in [5.74, 6) is -0.401. The average molecular weight is 174 g/mol. The second-order valence-corrected chi connectivity index (χ2v) is 2.84. The topological polar surface area (TPSA) is 26.3 Å². The van der Waals surface area contributed by atoms with E-state index in [2.05, 4.69) is 6.58 Å². The second kappa shape index (κ2) is 5.75. The Hall–Kier alpha value is -0.860. The summed E-state index contributed by atoms with van der Waals surface area (Å²) in [6.07, 6.45) is 0.175. The van der Waals surface area contributed by atoms with Gasteiger partial charge in [-0.15, -0.1) is 0 Å². The number of hydrogen-bond acceptors (Lipinski definition) is 2. The maximum absolute atomic E-state index is 12.2. The Morgan fingerprint density at radius 3 is 2.67 bits per heavy atom. The normalized spacial score (nSPS) is 12.2. The zero-order chi connectivity index (χ0) is 9.56. The quantitative estimate of drug-likeness (QED) is 0.363. The standard InChI is InChI=1S/C9H15FO2/c1-7(2)9(11)12-6-4-5-8(3)10/h8H,1,4-6H2,2-3H3. The molecule has 0 aromatic rings. The van der Waals surface area contributed by atoms with Crippen LogP contribution in [0, 0.1) is 0 Å². The van der Waals surface area contributed by atoms with Crippen LogP contribution in [0.5, 0.6) is 0 Å². The van der Waals surface area contributed by atoms with Gasteiger partial charge in [0.1, 0.15) is 0 Å². The highest BCUT2D eigenvalue weighted by molar-refractivity contribution is 5.86. The highest BCUT2D eigenvalue weighted by atomic mass is 19.1. The van der Waals surface area contributed by atoms with Gasteiger partial charge in [0, 0.05) is 5.57 Å². The number of alkyl halides is 1. The lowest BCUT2D eigenvalue weighted by Gasteiger charge is -2.04. The first-order valence-corrected chi connectivity index (χ1v) is 4.00. The van der Waals surface area contributed by atoms with Crippen LogP contribution >= 0.6 is 0 Å². The van der Waals surface area contributed by atoms with Crippen molar-refractivity contribution in [3.8, 4) is 0 Å². The molecular formula is C9H15FO2. The summed E-state index contributed by atoms with van der Waals surface area (Å²) in [6, 6.07) is 0. The van der Waals surface area contributed by atoms with Gasteiger partial charge in [0.25, 0.3) is 0 Å². The van der Waals surface area contributed by atoms with Gasteiger partial charge in [-0.3, -0.25) is 0 Å². The average Bonchev–Trinajstić information content (AvgIpc) is 1.97. The van der Waals surface area contributed by atoms with Crippen LogP contribution < -0.4 is 0 Å². The van der Waals surface area contributed by atoms with E-state index in [1.165, 1.54) is 6.92 Å². The number of esters is 1. The van der Waals surface area contributed by atoms with E-state index in [1.807, 2.05) is 0 Å². The minimum atomic E-state index is -0.825. The maximum atomic E-state index is 12.2. The minimum Gasteiger partial charge on any atom is -0.462 e. The third-order valence-electron chi connectivity index (χ3n) is 1.33. The fourth-order valence-electron chi connectivity index (χ4n) is 0.653. The van der Waals surface area contributed by atoms with Crippen molar-refractivity contribution in [3.05, 3.63) is 12.2 Å². The van der Waals surface area contributed by atoms with E-state index in [0.29, 0.717) is 18.4 Å². The van der Waals surface area contributed by atoms with Crippen LogP contribution in [0.25, 0.3) is 0 Å². The van der Waals surface area contributed by atoms with E-state index in [-0.39, 0.29) is 6.61 Å². The molecule has 2 nitrogen and oxygen atoms in total. The van der Waals surface area contributed by atoms with Crippen molar-refractivity contribution in [3.63, 3.8) is 0 Å². The second-order valence-electron chi connectivity index (χ2n) is 2.84. The smallest absolute Gasteiger partial charge is 0.333 e. The predicted octanol–water partition coefficient (Wildman–Crippen LogP) is 2.24. The number of halogens is 1. The van der Waals surface area contributed by atoms with Gasteiger partial charge in [0.15, 0.2) is 0 Å². The van der Waals surface area contributed by atoms with Gasteiger partial charge < -0.3 is 4.74 Å². The number of rotatable bonds is 5. The van der Waals surface area contributed by atoms with Crippen molar-refractivity contribution in [2.24, 2.45) is 0 Å². The summed E-state index contributed by atoms with van der Waals surface area (Å²) >= 11 is 0. The lowest BCUT2D eigenvalue weighted by atomic mass is 10.2.